The van der Waals surface area contributed by atoms with Crippen molar-refractivity contribution in [2.24, 2.45) is 0 Å². The fraction of sp³-hybridized carbons (Fsp3) is 1.00. The van der Waals surface area contributed by atoms with E-state index in [0.29, 0.717) is 0 Å². The highest BCUT2D eigenvalue weighted by atomic mass is 16.3. The Bertz CT molecular complexity index is 119. The van der Waals surface area contributed by atoms with Crippen LogP contribution in [0.4, 0.5) is 0 Å². The molecule has 0 bridgehead atoms. The molecule has 1 rings (SSSR count). The zero-order chi connectivity index (χ0) is 8.32. The first kappa shape index (κ1) is 9.01. The summed E-state index contributed by atoms with van der Waals surface area (Å²) < 4.78 is 0. The highest BCUT2D eigenvalue weighted by molar-refractivity contribution is 4.90. The van der Waals surface area contributed by atoms with E-state index in [4.69, 9.17) is 0 Å². The summed E-state index contributed by atoms with van der Waals surface area (Å²) in [5.41, 5.74) is -0.424. The van der Waals surface area contributed by atoms with Crippen LogP contribution in [0.1, 0.15) is 39.0 Å². The molecule has 1 aliphatic carbocycles. The second kappa shape index (κ2) is 3.55. The van der Waals surface area contributed by atoms with E-state index in [1.54, 1.807) is 0 Å². The predicted octanol–water partition coefficient (Wildman–Crippen LogP) is 1.29. The van der Waals surface area contributed by atoms with Gasteiger partial charge in [0.2, 0.25) is 0 Å². The third kappa shape index (κ3) is 1.94. The third-order valence-electron chi connectivity index (χ3n) is 2.96. The molecule has 1 unspecified atom stereocenters. The lowest BCUT2D eigenvalue weighted by atomic mass is 9.80. The molecule has 0 saturated heterocycles. The zero-order valence-corrected chi connectivity index (χ0v) is 7.56. The van der Waals surface area contributed by atoms with E-state index in [1.165, 1.54) is 19.3 Å². The van der Waals surface area contributed by atoms with Crippen molar-refractivity contribution in [1.29, 1.82) is 0 Å². The summed E-state index contributed by atoms with van der Waals surface area (Å²) >= 11 is 0. The lowest BCUT2D eigenvalue weighted by Gasteiger charge is -2.37. The van der Waals surface area contributed by atoms with Gasteiger partial charge in [-0.25, -0.2) is 0 Å². The molecular weight excluding hydrogens is 138 g/mol. The van der Waals surface area contributed by atoms with E-state index in [2.05, 4.69) is 12.2 Å². The highest BCUT2D eigenvalue weighted by Crippen LogP contribution is 2.30. The van der Waals surface area contributed by atoms with Gasteiger partial charge in [0.15, 0.2) is 0 Å². The van der Waals surface area contributed by atoms with Crippen LogP contribution in [0.2, 0.25) is 0 Å². The van der Waals surface area contributed by atoms with Crippen LogP contribution in [-0.2, 0) is 0 Å². The summed E-state index contributed by atoms with van der Waals surface area (Å²) in [4.78, 5) is 0. The molecule has 0 spiro atoms. The monoisotopic (exact) mass is 157 g/mol. The number of hydrogen-bond acceptors (Lipinski definition) is 2. The summed E-state index contributed by atoms with van der Waals surface area (Å²) in [5.74, 6) is 0. The fourth-order valence-electron chi connectivity index (χ4n) is 1.87. The average molecular weight is 157 g/mol. The number of nitrogens with one attached hydrogen (secondary N) is 1. The minimum Gasteiger partial charge on any atom is -0.388 e. The molecule has 1 atom stereocenters. The van der Waals surface area contributed by atoms with Crippen LogP contribution in [0, 0.1) is 0 Å². The van der Waals surface area contributed by atoms with E-state index < -0.39 is 5.60 Å². The number of rotatable bonds is 2. The lowest BCUT2D eigenvalue weighted by Crippen LogP contribution is -2.48. The first-order valence-corrected chi connectivity index (χ1v) is 4.59. The van der Waals surface area contributed by atoms with Crippen LogP contribution < -0.4 is 5.32 Å². The zero-order valence-electron chi connectivity index (χ0n) is 7.56. The number of likely N-dealkylation sites (N-methyl/N-ethyl adjacent to an activating group) is 1. The van der Waals surface area contributed by atoms with Crippen LogP contribution in [0.25, 0.3) is 0 Å². The summed E-state index contributed by atoms with van der Waals surface area (Å²) in [6, 6.07) is 0.239. The molecule has 0 radical (unpaired) electrons. The van der Waals surface area contributed by atoms with Crippen molar-refractivity contribution in [3.63, 3.8) is 0 Å². The van der Waals surface area contributed by atoms with Crippen LogP contribution in [0.5, 0.6) is 0 Å². The average Bonchev–Trinajstić information content (AvgIpc) is 2.04. The van der Waals surface area contributed by atoms with E-state index >= 15 is 0 Å². The Morgan fingerprint density at radius 2 is 1.82 bits per heavy atom. The quantitative estimate of drug-likeness (QED) is 0.633. The summed E-state index contributed by atoms with van der Waals surface area (Å²) in [7, 11) is 1.91. The topological polar surface area (TPSA) is 32.3 Å². The molecule has 66 valence electrons. The van der Waals surface area contributed by atoms with Gasteiger partial charge in [-0.05, 0) is 26.8 Å². The van der Waals surface area contributed by atoms with Gasteiger partial charge in [0, 0.05) is 6.04 Å². The van der Waals surface area contributed by atoms with Crippen LogP contribution in [0.15, 0.2) is 0 Å². The molecule has 0 aromatic carbocycles. The van der Waals surface area contributed by atoms with Gasteiger partial charge >= 0.3 is 0 Å². The molecule has 0 amide bonds. The number of aliphatic hydroxyl groups is 1. The number of hydrogen-bond donors (Lipinski definition) is 2. The van der Waals surface area contributed by atoms with Gasteiger partial charge in [0.25, 0.3) is 0 Å². The Kier molecular flexibility index (Phi) is 2.90. The van der Waals surface area contributed by atoms with E-state index in [1.807, 2.05) is 7.05 Å². The molecule has 0 aliphatic heterocycles. The fourth-order valence-corrected chi connectivity index (χ4v) is 1.87. The summed E-state index contributed by atoms with van der Waals surface area (Å²) in [6.45, 7) is 2.06. The van der Waals surface area contributed by atoms with Crippen molar-refractivity contribution < 1.29 is 5.11 Å². The molecule has 0 heterocycles. The minimum absolute atomic E-state index is 0.239. The van der Waals surface area contributed by atoms with E-state index in [9.17, 15) is 5.11 Å². The van der Waals surface area contributed by atoms with Gasteiger partial charge in [-0.1, -0.05) is 19.3 Å². The van der Waals surface area contributed by atoms with Gasteiger partial charge in [-0.3, -0.25) is 0 Å². The van der Waals surface area contributed by atoms with E-state index in [0.717, 1.165) is 12.8 Å². The van der Waals surface area contributed by atoms with Gasteiger partial charge in [0.05, 0.1) is 5.60 Å². The van der Waals surface area contributed by atoms with Crippen molar-refractivity contribution in [3.8, 4) is 0 Å². The second-order valence-electron chi connectivity index (χ2n) is 3.67. The Balaban J connectivity index is 2.49. The molecule has 0 aromatic heterocycles. The molecule has 2 nitrogen and oxygen atoms in total. The second-order valence-corrected chi connectivity index (χ2v) is 3.67. The van der Waals surface area contributed by atoms with Crippen molar-refractivity contribution in [1.82, 2.24) is 5.32 Å². The molecule has 2 N–H and O–H groups in total. The summed E-state index contributed by atoms with van der Waals surface area (Å²) in [5, 5.41) is 13.2. The van der Waals surface area contributed by atoms with Gasteiger partial charge in [-0.2, -0.15) is 0 Å². The molecule has 2 heteroatoms. The SMILES string of the molecule is CNC(C)C1(O)CCCCC1. The Morgan fingerprint density at radius 3 is 2.27 bits per heavy atom. The molecule has 1 aliphatic rings. The molecule has 0 aromatic rings. The molecule has 11 heavy (non-hydrogen) atoms. The van der Waals surface area contributed by atoms with Crippen LogP contribution in [-0.4, -0.2) is 23.8 Å². The van der Waals surface area contributed by atoms with E-state index in [-0.39, 0.29) is 6.04 Å². The standard InChI is InChI=1S/C9H19NO/c1-8(10-2)9(11)6-4-3-5-7-9/h8,10-11H,3-7H2,1-2H3. The largest absolute Gasteiger partial charge is 0.388 e. The highest BCUT2D eigenvalue weighted by Gasteiger charge is 2.33. The summed E-state index contributed by atoms with van der Waals surface area (Å²) in [6.07, 6.45) is 5.59. The maximum atomic E-state index is 10.1. The first-order valence-electron chi connectivity index (χ1n) is 4.59. The van der Waals surface area contributed by atoms with Crippen molar-refractivity contribution in [2.75, 3.05) is 7.05 Å². The van der Waals surface area contributed by atoms with Gasteiger partial charge in [-0.15, -0.1) is 0 Å². The third-order valence-corrected chi connectivity index (χ3v) is 2.96. The maximum Gasteiger partial charge on any atom is 0.0797 e. The molecular formula is C9H19NO. The van der Waals surface area contributed by atoms with Crippen molar-refractivity contribution >= 4 is 0 Å². The van der Waals surface area contributed by atoms with Gasteiger partial charge < -0.3 is 10.4 Å². The first-order chi connectivity index (χ1) is 5.19. The minimum atomic E-state index is -0.424. The normalized spacial score (nSPS) is 26.5. The Hall–Kier alpha value is -0.0800. The lowest BCUT2D eigenvalue weighted by molar-refractivity contribution is -0.0230. The van der Waals surface area contributed by atoms with Crippen LogP contribution in [0.3, 0.4) is 0 Å². The van der Waals surface area contributed by atoms with Crippen molar-refractivity contribution in [3.05, 3.63) is 0 Å². The predicted molar refractivity (Wildman–Crippen MR) is 46.6 cm³/mol. The van der Waals surface area contributed by atoms with Crippen LogP contribution >= 0.6 is 0 Å². The molecule has 1 fully saturated rings. The Morgan fingerprint density at radius 1 is 1.27 bits per heavy atom. The maximum absolute atomic E-state index is 10.1. The molecule has 1 saturated carbocycles. The Labute approximate surface area is 69.0 Å². The van der Waals surface area contributed by atoms with Crippen molar-refractivity contribution in [2.45, 2.75) is 50.7 Å². The smallest absolute Gasteiger partial charge is 0.0797 e. The van der Waals surface area contributed by atoms with Gasteiger partial charge in [0.1, 0.15) is 0 Å².